The van der Waals surface area contributed by atoms with E-state index in [0.717, 1.165) is 55.3 Å². The molecule has 0 radical (unpaired) electrons. The molecule has 2 N–H and O–H groups in total. The minimum absolute atomic E-state index is 0.0304. The summed E-state index contributed by atoms with van der Waals surface area (Å²) in [4.78, 5) is 35.2. The summed E-state index contributed by atoms with van der Waals surface area (Å²) in [5.41, 5.74) is 4.66. The first-order valence-corrected chi connectivity index (χ1v) is 14.6. The standard InChI is InChI=1S/C30H36F2N6O2/c1-2-4-26(39)36-27(18-7-8-18)20-15-25-35-24(17-38(25)34-16-20)28(19-9-12-30(31,32)13-10-19)37-29(40)22-11-14-33-23-6-3-5-21(22)23/h11,14-19,27-28H,2-10,12-13H2,1H3,(H,36,39)(H,37,40)/t27-,28+/m1/s1. The molecule has 40 heavy (non-hydrogen) atoms. The molecule has 3 aliphatic carbocycles. The number of rotatable bonds is 9. The van der Waals surface area contributed by atoms with Gasteiger partial charge in [-0.15, -0.1) is 0 Å². The molecule has 0 unspecified atom stereocenters. The number of alkyl halides is 2. The fourth-order valence-corrected chi connectivity index (χ4v) is 6.33. The van der Waals surface area contributed by atoms with E-state index in [0.29, 0.717) is 42.1 Å². The van der Waals surface area contributed by atoms with Gasteiger partial charge >= 0.3 is 0 Å². The predicted molar refractivity (Wildman–Crippen MR) is 145 cm³/mol. The van der Waals surface area contributed by atoms with Crippen molar-refractivity contribution in [2.45, 2.75) is 95.6 Å². The molecule has 10 heteroatoms. The molecular formula is C30H36F2N6O2. The van der Waals surface area contributed by atoms with Crippen molar-refractivity contribution < 1.29 is 18.4 Å². The second-order valence-corrected chi connectivity index (χ2v) is 11.7. The van der Waals surface area contributed by atoms with E-state index < -0.39 is 12.0 Å². The number of aryl methyl sites for hydroxylation is 1. The van der Waals surface area contributed by atoms with Gasteiger partial charge in [0.25, 0.3) is 5.91 Å². The summed E-state index contributed by atoms with van der Waals surface area (Å²) >= 11 is 0. The molecule has 2 saturated carbocycles. The molecule has 6 rings (SSSR count). The first-order valence-electron chi connectivity index (χ1n) is 14.6. The lowest BCUT2D eigenvalue weighted by molar-refractivity contribution is -0.122. The van der Waals surface area contributed by atoms with Crippen molar-refractivity contribution in [2.75, 3.05) is 0 Å². The van der Waals surface area contributed by atoms with E-state index in [4.69, 9.17) is 4.98 Å². The van der Waals surface area contributed by atoms with E-state index in [9.17, 15) is 18.4 Å². The van der Waals surface area contributed by atoms with Crippen LogP contribution in [0.5, 0.6) is 0 Å². The van der Waals surface area contributed by atoms with Crippen LogP contribution in [0.4, 0.5) is 8.78 Å². The maximum Gasteiger partial charge on any atom is 0.252 e. The molecule has 8 nitrogen and oxygen atoms in total. The van der Waals surface area contributed by atoms with Crippen molar-refractivity contribution in [3.63, 3.8) is 0 Å². The maximum absolute atomic E-state index is 14.1. The number of halogens is 2. The van der Waals surface area contributed by atoms with Crippen LogP contribution in [0.3, 0.4) is 0 Å². The van der Waals surface area contributed by atoms with Crippen LogP contribution in [-0.2, 0) is 17.6 Å². The van der Waals surface area contributed by atoms with E-state index >= 15 is 0 Å². The Morgan fingerprint density at radius 1 is 1.10 bits per heavy atom. The number of imidazole rings is 1. The smallest absolute Gasteiger partial charge is 0.252 e. The average Bonchev–Trinajstić information content (AvgIpc) is 3.50. The van der Waals surface area contributed by atoms with Crippen LogP contribution in [0.15, 0.2) is 30.7 Å². The zero-order valence-electron chi connectivity index (χ0n) is 22.8. The SMILES string of the molecule is CCCC(=O)N[C@@H](c1cnn2cc([C@@H](NC(=O)c3ccnc4c3CCC4)C3CCC(F)(F)CC3)nc2c1)C1CC1. The summed E-state index contributed by atoms with van der Waals surface area (Å²) in [6.45, 7) is 1.98. The van der Waals surface area contributed by atoms with Crippen molar-refractivity contribution in [3.05, 3.63) is 58.8 Å². The highest BCUT2D eigenvalue weighted by Gasteiger charge is 2.40. The van der Waals surface area contributed by atoms with Crippen molar-refractivity contribution >= 4 is 17.5 Å². The molecule has 2 atom stereocenters. The van der Waals surface area contributed by atoms with Crippen LogP contribution in [0.1, 0.15) is 110 Å². The first kappa shape index (κ1) is 26.8. The van der Waals surface area contributed by atoms with Crippen LogP contribution >= 0.6 is 0 Å². The monoisotopic (exact) mass is 550 g/mol. The Morgan fingerprint density at radius 3 is 2.62 bits per heavy atom. The van der Waals surface area contributed by atoms with Crippen LogP contribution in [0.25, 0.3) is 5.65 Å². The summed E-state index contributed by atoms with van der Waals surface area (Å²) in [5, 5.41) is 10.9. The lowest BCUT2D eigenvalue weighted by atomic mass is 9.81. The third-order valence-electron chi connectivity index (χ3n) is 8.67. The zero-order chi connectivity index (χ0) is 27.9. The summed E-state index contributed by atoms with van der Waals surface area (Å²) in [7, 11) is 0. The summed E-state index contributed by atoms with van der Waals surface area (Å²) in [6, 6.07) is 3.05. The molecule has 3 aliphatic rings. The van der Waals surface area contributed by atoms with Gasteiger partial charge in [0.2, 0.25) is 11.8 Å². The summed E-state index contributed by atoms with van der Waals surface area (Å²) in [5.74, 6) is -2.65. The van der Waals surface area contributed by atoms with E-state index in [1.165, 1.54) is 0 Å². The fourth-order valence-electron chi connectivity index (χ4n) is 6.33. The van der Waals surface area contributed by atoms with E-state index in [-0.39, 0.29) is 36.6 Å². The Balaban J connectivity index is 1.30. The van der Waals surface area contributed by atoms with Crippen molar-refractivity contribution in [2.24, 2.45) is 11.8 Å². The van der Waals surface area contributed by atoms with Gasteiger partial charge in [0.15, 0.2) is 5.65 Å². The number of hydrogen-bond donors (Lipinski definition) is 2. The highest BCUT2D eigenvalue weighted by molar-refractivity contribution is 5.96. The number of aromatic nitrogens is 4. The lowest BCUT2D eigenvalue weighted by Gasteiger charge is -2.33. The first-order chi connectivity index (χ1) is 19.3. The van der Waals surface area contributed by atoms with Crippen molar-refractivity contribution in [3.8, 4) is 0 Å². The van der Waals surface area contributed by atoms with E-state index in [1.807, 2.05) is 13.0 Å². The fraction of sp³-hybridized carbons (Fsp3) is 0.567. The molecule has 212 valence electrons. The normalized spacial score (nSPS) is 20.2. The van der Waals surface area contributed by atoms with Gasteiger partial charge in [-0.2, -0.15) is 5.10 Å². The Morgan fingerprint density at radius 2 is 1.88 bits per heavy atom. The lowest BCUT2D eigenvalue weighted by Crippen LogP contribution is -2.37. The highest BCUT2D eigenvalue weighted by atomic mass is 19.3. The molecule has 2 fully saturated rings. The van der Waals surface area contributed by atoms with E-state index in [1.54, 1.807) is 29.2 Å². The largest absolute Gasteiger partial charge is 0.349 e. The van der Waals surface area contributed by atoms with E-state index in [2.05, 4.69) is 20.7 Å². The summed E-state index contributed by atoms with van der Waals surface area (Å²) in [6.07, 6.45) is 11.4. The maximum atomic E-state index is 14.1. The number of hydrogen-bond acceptors (Lipinski definition) is 5. The molecule has 0 bridgehead atoms. The van der Waals surface area contributed by atoms with Gasteiger partial charge in [0.1, 0.15) is 0 Å². The van der Waals surface area contributed by atoms with Gasteiger partial charge < -0.3 is 10.6 Å². The van der Waals surface area contributed by atoms with Gasteiger partial charge in [0, 0.05) is 36.7 Å². The zero-order valence-corrected chi connectivity index (χ0v) is 22.8. The number of nitrogens with zero attached hydrogens (tertiary/aromatic N) is 4. The van der Waals surface area contributed by atoms with Gasteiger partial charge in [-0.1, -0.05) is 6.92 Å². The van der Waals surface area contributed by atoms with Gasteiger partial charge in [-0.3, -0.25) is 14.6 Å². The minimum atomic E-state index is -2.67. The third-order valence-corrected chi connectivity index (χ3v) is 8.67. The molecule has 0 spiro atoms. The van der Waals surface area contributed by atoms with Crippen molar-refractivity contribution in [1.29, 1.82) is 0 Å². The molecule has 0 aliphatic heterocycles. The Hall–Kier alpha value is -3.43. The molecule has 3 aromatic rings. The number of carbonyl (C=O) groups is 2. The topological polar surface area (TPSA) is 101 Å². The second kappa shape index (κ2) is 10.9. The molecule has 0 saturated heterocycles. The van der Waals surface area contributed by atoms with Gasteiger partial charge in [-0.25, -0.2) is 18.3 Å². The third kappa shape index (κ3) is 5.58. The second-order valence-electron chi connectivity index (χ2n) is 11.7. The van der Waals surface area contributed by atoms with Crippen LogP contribution < -0.4 is 10.6 Å². The van der Waals surface area contributed by atoms with Crippen LogP contribution in [0, 0.1) is 11.8 Å². The predicted octanol–water partition coefficient (Wildman–Crippen LogP) is 5.28. The number of carbonyl (C=O) groups excluding carboxylic acids is 2. The Kier molecular flexibility index (Phi) is 7.27. The number of amides is 2. The number of pyridine rings is 1. The average molecular weight is 551 g/mol. The molecule has 2 amide bonds. The quantitative estimate of drug-likeness (QED) is 0.378. The van der Waals surface area contributed by atoms with Gasteiger partial charge in [0.05, 0.1) is 30.2 Å². The molecule has 0 aromatic carbocycles. The highest BCUT2D eigenvalue weighted by Crippen LogP contribution is 2.43. The molecule has 3 heterocycles. The number of fused-ring (bicyclic) bond motifs is 2. The minimum Gasteiger partial charge on any atom is -0.349 e. The molecular weight excluding hydrogens is 514 g/mol. The summed E-state index contributed by atoms with van der Waals surface area (Å²) < 4.78 is 29.8. The molecule has 3 aromatic heterocycles. The Labute approximate surface area is 232 Å². The van der Waals surface area contributed by atoms with Crippen molar-refractivity contribution in [1.82, 2.24) is 30.2 Å². The van der Waals surface area contributed by atoms with Gasteiger partial charge in [-0.05, 0) is 86.5 Å². The van der Waals surface area contributed by atoms with Crippen LogP contribution in [0.2, 0.25) is 0 Å². The Bertz CT molecular complexity index is 1410. The number of nitrogens with one attached hydrogen (secondary N) is 2. The van der Waals surface area contributed by atoms with Crippen LogP contribution in [-0.4, -0.2) is 37.3 Å².